The molecule has 5 heteroatoms. The summed E-state index contributed by atoms with van der Waals surface area (Å²) in [5.74, 6) is 1.87. The van der Waals surface area contributed by atoms with E-state index in [1.165, 1.54) is 31.1 Å². The molecule has 1 saturated heterocycles. The summed E-state index contributed by atoms with van der Waals surface area (Å²) in [6.45, 7) is 6.36. The van der Waals surface area contributed by atoms with E-state index in [0.29, 0.717) is 6.04 Å². The van der Waals surface area contributed by atoms with E-state index >= 15 is 0 Å². The number of thiophene rings is 1. The summed E-state index contributed by atoms with van der Waals surface area (Å²) in [4.78, 5) is 12.9. The Hall–Kier alpha value is -1.36. The number of nitrogens with one attached hydrogen (secondary N) is 1. The highest BCUT2D eigenvalue weighted by molar-refractivity contribution is 7.16. The van der Waals surface area contributed by atoms with Gasteiger partial charge < -0.3 is 10.2 Å². The van der Waals surface area contributed by atoms with Crippen LogP contribution in [0.4, 0.5) is 11.8 Å². The quantitative estimate of drug-likeness (QED) is 0.931. The van der Waals surface area contributed by atoms with E-state index in [2.05, 4.69) is 40.5 Å². The van der Waals surface area contributed by atoms with E-state index in [4.69, 9.17) is 4.98 Å². The number of fused-ring (bicyclic) bond motifs is 1. The molecule has 2 aromatic rings. The molecule has 0 amide bonds. The van der Waals surface area contributed by atoms with Crippen LogP contribution in [-0.2, 0) is 0 Å². The van der Waals surface area contributed by atoms with Crippen LogP contribution < -0.4 is 10.2 Å². The second-order valence-corrected chi connectivity index (χ2v) is 6.33. The van der Waals surface area contributed by atoms with Gasteiger partial charge in [0.2, 0.25) is 5.95 Å². The largest absolute Gasteiger partial charge is 0.354 e. The summed E-state index contributed by atoms with van der Waals surface area (Å²) >= 11 is 1.69. The van der Waals surface area contributed by atoms with Gasteiger partial charge in [0.1, 0.15) is 10.6 Å². The summed E-state index contributed by atoms with van der Waals surface area (Å²) in [5, 5.41) is 6.57. The normalized spacial score (nSPS) is 20.1. The molecule has 2 aromatic heterocycles. The minimum absolute atomic E-state index is 0.560. The molecule has 0 spiro atoms. The summed E-state index contributed by atoms with van der Waals surface area (Å²) < 4.78 is 0. The lowest BCUT2D eigenvalue weighted by atomic mass is 10.1. The molecular weight excluding hydrogens is 268 g/mol. The molecule has 1 aliphatic heterocycles. The fraction of sp³-hybridized carbons (Fsp3) is 0.600. The maximum absolute atomic E-state index is 4.79. The molecule has 0 radical (unpaired) electrons. The third kappa shape index (κ3) is 2.59. The van der Waals surface area contributed by atoms with Crippen LogP contribution in [0.1, 0.15) is 39.5 Å². The lowest BCUT2D eigenvalue weighted by Gasteiger charge is -2.29. The number of nitrogens with zero attached hydrogens (tertiary/aromatic N) is 3. The van der Waals surface area contributed by atoms with Crippen molar-refractivity contribution in [2.75, 3.05) is 23.3 Å². The molecule has 1 aliphatic rings. The van der Waals surface area contributed by atoms with Crippen LogP contribution in [0, 0.1) is 0 Å². The number of hydrogen-bond acceptors (Lipinski definition) is 5. The fourth-order valence-electron chi connectivity index (χ4n) is 2.89. The maximum atomic E-state index is 4.79. The Morgan fingerprint density at radius 1 is 1.35 bits per heavy atom. The number of hydrogen-bond donors (Lipinski definition) is 1. The van der Waals surface area contributed by atoms with E-state index < -0.39 is 0 Å². The highest BCUT2D eigenvalue weighted by Crippen LogP contribution is 2.32. The zero-order valence-corrected chi connectivity index (χ0v) is 13.0. The van der Waals surface area contributed by atoms with Gasteiger partial charge in [0, 0.05) is 19.1 Å². The first-order valence-corrected chi connectivity index (χ1v) is 8.43. The Morgan fingerprint density at radius 3 is 3.10 bits per heavy atom. The van der Waals surface area contributed by atoms with Gasteiger partial charge >= 0.3 is 0 Å². The molecule has 108 valence electrons. The monoisotopic (exact) mass is 290 g/mol. The van der Waals surface area contributed by atoms with Crippen LogP contribution >= 0.6 is 11.3 Å². The molecule has 20 heavy (non-hydrogen) atoms. The SMILES string of the molecule is CCNc1nc(N2CCCCCC2C)c2ccsc2n1. The summed E-state index contributed by atoms with van der Waals surface area (Å²) in [5.41, 5.74) is 0. The standard InChI is InChI=1S/C15H22N4S/c1-3-16-15-17-13(12-8-10-20-14(12)18-15)19-9-6-4-5-7-11(19)2/h8,10-11H,3-7,9H2,1-2H3,(H,16,17,18). The molecule has 1 atom stereocenters. The molecule has 4 nitrogen and oxygen atoms in total. The molecule has 1 unspecified atom stereocenters. The topological polar surface area (TPSA) is 41.1 Å². The molecule has 0 bridgehead atoms. The van der Waals surface area contributed by atoms with E-state index in [1.54, 1.807) is 11.3 Å². The number of anilines is 2. The van der Waals surface area contributed by atoms with Gasteiger partial charge in [-0.3, -0.25) is 0 Å². The van der Waals surface area contributed by atoms with Gasteiger partial charge in [0.25, 0.3) is 0 Å². The van der Waals surface area contributed by atoms with Crippen LogP contribution in [0.25, 0.3) is 10.2 Å². The van der Waals surface area contributed by atoms with Crippen molar-refractivity contribution in [3.63, 3.8) is 0 Å². The van der Waals surface area contributed by atoms with E-state index in [0.717, 1.165) is 29.7 Å². The fourth-order valence-corrected chi connectivity index (χ4v) is 3.64. The van der Waals surface area contributed by atoms with E-state index in [1.807, 2.05) is 0 Å². The zero-order chi connectivity index (χ0) is 13.9. The predicted octanol–water partition coefficient (Wildman–Crippen LogP) is 3.89. The van der Waals surface area contributed by atoms with Crippen molar-refractivity contribution >= 4 is 33.3 Å². The third-order valence-corrected chi connectivity index (χ3v) is 4.77. The van der Waals surface area contributed by atoms with Crippen molar-refractivity contribution in [2.24, 2.45) is 0 Å². The Balaban J connectivity index is 2.05. The minimum atomic E-state index is 0.560. The molecule has 0 aromatic carbocycles. The van der Waals surface area contributed by atoms with E-state index in [-0.39, 0.29) is 0 Å². The average Bonchev–Trinajstić information content (AvgIpc) is 2.80. The van der Waals surface area contributed by atoms with Crippen LogP contribution in [0.3, 0.4) is 0 Å². The van der Waals surface area contributed by atoms with Crippen molar-refractivity contribution in [2.45, 2.75) is 45.6 Å². The maximum Gasteiger partial charge on any atom is 0.226 e. The summed E-state index contributed by atoms with van der Waals surface area (Å²) in [6.07, 6.45) is 5.18. The Kier molecular flexibility index (Phi) is 4.05. The van der Waals surface area contributed by atoms with Crippen molar-refractivity contribution in [1.29, 1.82) is 0 Å². The van der Waals surface area contributed by atoms with Gasteiger partial charge in [-0.15, -0.1) is 11.3 Å². The van der Waals surface area contributed by atoms with Crippen LogP contribution in [0.2, 0.25) is 0 Å². The Morgan fingerprint density at radius 2 is 2.25 bits per heavy atom. The van der Waals surface area contributed by atoms with E-state index in [9.17, 15) is 0 Å². The van der Waals surface area contributed by atoms with Crippen molar-refractivity contribution < 1.29 is 0 Å². The smallest absolute Gasteiger partial charge is 0.226 e. The highest BCUT2D eigenvalue weighted by atomic mass is 32.1. The van der Waals surface area contributed by atoms with Gasteiger partial charge in [0.15, 0.2) is 0 Å². The van der Waals surface area contributed by atoms with Gasteiger partial charge in [-0.2, -0.15) is 4.98 Å². The molecule has 1 fully saturated rings. The van der Waals surface area contributed by atoms with Crippen LogP contribution in [0.15, 0.2) is 11.4 Å². The Bertz CT molecular complexity index is 580. The van der Waals surface area contributed by atoms with Gasteiger partial charge in [-0.25, -0.2) is 4.98 Å². The van der Waals surface area contributed by atoms with Gasteiger partial charge in [-0.1, -0.05) is 12.8 Å². The molecule has 0 saturated carbocycles. The molecule has 1 N–H and O–H groups in total. The first-order valence-electron chi connectivity index (χ1n) is 7.55. The van der Waals surface area contributed by atoms with Crippen molar-refractivity contribution in [1.82, 2.24) is 9.97 Å². The second-order valence-electron chi connectivity index (χ2n) is 5.43. The first-order chi connectivity index (χ1) is 9.79. The first kappa shape index (κ1) is 13.6. The lowest BCUT2D eigenvalue weighted by Crippen LogP contribution is -2.33. The third-order valence-electron chi connectivity index (χ3n) is 3.96. The molecular formula is C15H22N4S. The minimum Gasteiger partial charge on any atom is -0.354 e. The van der Waals surface area contributed by atoms with Crippen molar-refractivity contribution in [3.05, 3.63) is 11.4 Å². The summed E-state index contributed by atoms with van der Waals surface area (Å²) in [6, 6.07) is 2.72. The predicted molar refractivity (Wildman–Crippen MR) is 86.9 cm³/mol. The Labute approximate surface area is 124 Å². The highest BCUT2D eigenvalue weighted by Gasteiger charge is 2.21. The summed E-state index contributed by atoms with van der Waals surface area (Å²) in [7, 11) is 0. The second kappa shape index (κ2) is 5.95. The molecule has 0 aliphatic carbocycles. The number of aromatic nitrogens is 2. The molecule has 3 heterocycles. The van der Waals surface area contributed by atoms with Gasteiger partial charge in [-0.05, 0) is 38.1 Å². The number of rotatable bonds is 3. The average molecular weight is 290 g/mol. The van der Waals surface area contributed by atoms with Crippen LogP contribution in [-0.4, -0.2) is 29.1 Å². The van der Waals surface area contributed by atoms with Crippen molar-refractivity contribution in [3.8, 4) is 0 Å². The lowest BCUT2D eigenvalue weighted by molar-refractivity contribution is 0.612. The zero-order valence-electron chi connectivity index (χ0n) is 12.2. The van der Waals surface area contributed by atoms with Gasteiger partial charge in [0.05, 0.1) is 5.39 Å². The molecule has 3 rings (SSSR count). The van der Waals surface area contributed by atoms with Crippen LogP contribution in [0.5, 0.6) is 0 Å².